The van der Waals surface area contributed by atoms with E-state index in [-0.39, 0.29) is 16.7 Å². The highest BCUT2D eigenvalue weighted by molar-refractivity contribution is 7.98. The van der Waals surface area contributed by atoms with Gasteiger partial charge in [-0.1, -0.05) is 67.6 Å². The average molecular weight is 545 g/mol. The topological polar surface area (TPSA) is 134 Å². The lowest BCUT2D eigenvalue weighted by atomic mass is 10.1. The normalized spacial score (nSPS) is 10.8. The molecule has 4 aromatic rings. The Hall–Kier alpha value is -4.44. The number of unbranched alkanes of at least 4 members (excludes halogenated alkanes) is 1. The van der Waals surface area contributed by atoms with Gasteiger partial charge in [0.2, 0.25) is 0 Å². The van der Waals surface area contributed by atoms with E-state index in [0.717, 1.165) is 30.7 Å². The van der Waals surface area contributed by atoms with Crippen LogP contribution in [0, 0.1) is 0 Å². The summed E-state index contributed by atoms with van der Waals surface area (Å²) in [5.41, 5.74) is 2.51. The minimum absolute atomic E-state index is 0.0603. The van der Waals surface area contributed by atoms with Crippen LogP contribution in [0.4, 0.5) is 5.69 Å². The van der Waals surface area contributed by atoms with Crippen molar-refractivity contribution in [3.63, 3.8) is 0 Å². The lowest BCUT2D eigenvalue weighted by molar-refractivity contribution is 0.0684. The molecule has 3 aromatic carbocycles. The van der Waals surface area contributed by atoms with Crippen LogP contribution in [0.15, 0.2) is 78.0 Å². The zero-order valence-electron chi connectivity index (χ0n) is 21.3. The zero-order valence-corrected chi connectivity index (χ0v) is 22.1. The molecule has 0 aliphatic heterocycles. The van der Waals surface area contributed by atoms with Crippen molar-refractivity contribution in [3.05, 3.63) is 106 Å². The first-order chi connectivity index (χ1) is 18.9. The highest BCUT2D eigenvalue weighted by Gasteiger charge is 2.17. The number of rotatable bonds is 12. The Kier molecular flexibility index (Phi) is 9.11. The molecule has 4 rings (SSSR count). The van der Waals surface area contributed by atoms with Crippen molar-refractivity contribution in [2.45, 2.75) is 43.6 Å². The summed E-state index contributed by atoms with van der Waals surface area (Å²) in [6.45, 7) is 2.62. The largest absolute Gasteiger partial charge is 0.478 e. The average Bonchev–Trinajstić information content (AvgIpc) is 3.32. The summed E-state index contributed by atoms with van der Waals surface area (Å²) in [6.07, 6.45) is 2.75. The van der Waals surface area contributed by atoms with Gasteiger partial charge in [-0.15, -0.1) is 10.2 Å². The van der Waals surface area contributed by atoms with Gasteiger partial charge in [0.25, 0.3) is 5.91 Å². The number of amides is 1. The summed E-state index contributed by atoms with van der Waals surface area (Å²) in [5, 5.41) is 31.1. The number of anilines is 1. The highest BCUT2D eigenvalue weighted by atomic mass is 32.2. The monoisotopic (exact) mass is 544 g/mol. The van der Waals surface area contributed by atoms with Crippen LogP contribution in [0.25, 0.3) is 0 Å². The van der Waals surface area contributed by atoms with Crippen LogP contribution in [-0.4, -0.2) is 42.8 Å². The summed E-state index contributed by atoms with van der Waals surface area (Å²) in [6, 6.07) is 20.3. The molecule has 0 radical (unpaired) electrons. The number of carbonyl (C=O) groups excluding carboxylic acids is 1. The predicted molar refractivity (Wildman–Crippen MR) is 148 cm³/mol. The second kappa shape index (κ2) is 12.9. The molecular formula is C29H28N4O5S. The Bertz CT molecular complexity index is 1480. The maximum absolute atomic E-state index is 12.7. The minimum Gasteiger partial charge on any atom is -0.478 e. The van der Waals surface area contributed by atoms with E-state index < -0.39 is 17.8 Å². The van der Waals surface area contributed by atoms with E-state index in [0.29, 0.717) is 28.7 Å². The molecule has 9 nitrogen and oxygen atoms in total. The van der Waals surface area contributed by atoms with Crippen molar-refractivity contribution in [2.24, 2.45) is 0 Å². The number of benzene rings is 3. The molecule has 0 unspecified atom stereocenters. The van der Waals surface area contributed by atoms with E-state index in [1.807, 2.05) is 22.8 Å². The third kappa shape index (κ3) is 6.91. The first-order valence-corrected chi connectivity index (χ1v) is 13.4. The fraction of sp³-hybridized carbons (Fsp3) is 0.207. The maximum atomic E-state index is 12.7. The Morgan fingerprint density at radius 3 is 2.15 bits per heavy atom. The number of thioether (sulfide) groups is 1. The number of carboxylic acids is 2. The number of nitrogens with zero attached hydrogens (tertiary/aromatic N) is 3. The molecule has 1 heterocycles. The van der Waals surface area contributed by atoms with Gasteiger partial charge in [-0.2, -0.15) is 0 Å². The third-order valence-electron chi connectivity index (χ3n) is 6.11. The van der Waals surface area contributed by atoms with Gasteiger partial charge in [0, 0.05) is 17.9 Å². The number of aromatic carboxylic acids is 2. The lowest BCUT2D eigenvalue weighted by Crippen LogP contribution is -2.16. The zero-order chi connectivity index (χ0) is 27.8. The van der Waals surface area contributed by atoms with Crippen molar-refractivity contribution < 1.29 is 24.6 Å². The number of hydrogen-bond donors (Lipinski definition) is 3. The van der Waals surface area contributed by atoms with E-state index in [4.69, 9.17) is 0 Å². The predicted octanol–water partition coefficient (Wildman–Crippen LogP) is 5.61. The van der Waals surface area contributed by atoms with Crippen molar-refractivity contribution in [3.8, 4) is 0 Å². The molecule has 3 N–H and O–H groups in total. The number of nitrogens with one attached hydrogen (secondary N) is 1. The van der Waals surface area contributed by atoms with E-state index in [1.54, 1.807) is 42.5 Å². The molecule has 200 valence electrons. The van der Waals surface area contributed by atoms with E-state index in [9.17, 15) is 24.6 Å². The van der Waals surface area contributed by atoms with Crippen LogP contribution in [-0.2, 0) is 18.7 Å². The Morgan fingerprint density at radius 1 is 0.846 bits per heavy atom. The number of carboxylic acid groups (broad SMARTS) is 2. The van der Waals surface area contributed by atoms with Crippen LogP contribution >= 0.6 is 11.8 Å². The van der Waals surface area contributed by atoms with Crippen LogP contribution < -0.4 is 5.32 Å². The second-order valence-corrected chi connectivity index (χ2v) is 9.78. The summed E-state index contributed by atoms with van der Waals surface area (Å²) in [4.78, 5) is 35.7. The summed E-state index contributed by atoms with van der Waals surface area (Å²) in [5.74, 6) is -1.33. The number of hydrogen-bond acceptors (Lipinski definition) is 6. The molecule has 1 amide bonds. The maximum Gasteiger partial charge on any atom is 0.336 e. The van der Waals surface area contributed by atoms with Gasteiger partial charge in [-0.05, 0) is 47.9 Å². The molecule has 0 saturated carbocycles. The summed E-state index contributed by atoms with van der Waals surface area (Å²) in [7, 11) is 0. The molecule has 0 saturated heterocycles. The van der Waals surface area contributed by atoms with Crippen molar-refractivity contribution in [1.29, 1.82) is 0 Å². The second-order valence-electron chi connectivity index (χ2n) is 8.84. The molecule has 0 bridgehead atoms. The molecular weight excluding hydrogens is 516 g/mol. The number of carbonyl (C=O) groups is 3. The fourth-order valence-corrected chi connectivity index (χ4v) is 5.00. The first kappa shape index (κ1) is 27.6. The molecule has 10 heteroatoms. The van der Waals surface area contributed by atoms with Crippen LogP contribution in [0.1, 0.15) is 67.8 Å². The quantitative estimate of drug-likeness (QED) is 0.196. The third-order valence-corrected chi connectivity index (χ3v) is 7.12. The Morgan fingerprint density at radius 2 is 1.49 bits per heavy atom. The summed E-state index contributed by atoms with van der Waals surface area (Å²) < 4.78 is 2.04. The van der Waals surface area contributed by atoms with Gasteiger partial charge in [-0.25, -0.2) is 9.59 Å². The molecule has 0 aliphatic carbocycles. The van der Waals surface area contributed by atoms with Crippen LogP contribution in [0.3, 0.4) is 0 Å². The fourth-order valence-electron chi connectivity index (χ4n) is 4.04. The number of aromatic nitrogens is 3. The summed E-state index contributed by atoms with van der Waals surface area (Å²) >= 11 is 1.44. The molecule has 0 atom stereocenters. The molecule has 1 aromatic heterocycles. The van der Waals surface area contributed by atoms with Gasteiger partial charge < -0.3 is 20.1 Å². The van der Waals surface area contributed by atoms with Gasteiger partial charge in [0.05, 0.1) is 23.2 Å². The van der Waals surface area contributed by atoms with Gasteiger partial charge >= 0.3 is 11.9 Å². The van der Waals surface area contributed by atoms with Crippen molar-refractivity contribution in [2.75, 3.05) is 5.32 Å². The van der Waals surface area contributed by atoms with Crippen LogP contribution in [0.5, 0.6) is 0 Å². The standard InChI is InChI=1S/C29H28N4O5S/c1-2-3-12-25-31-32-29(39-18-20-8-4-5-9-22(20)27(35)36)33(25)17-19-13-15-21(16-14-19)30-26(34)23-10-6-7-11-24(23)28(37)38/h4-11,13-16H,2-3,12,17-18H2,1H3,(H,30,34)(H,35,36)(H,37,38). The lowest BCUT2D eigenvalue weighted by Gasteiger charge is -2.12. The SMILES string of the molecule is CCCCc1nnc(SCc2ccccc2C(=O)O)n1Cc1ccc(NC(=O)c2ccccc2C(=O)O)cc1. The van der Waals surface area contributed by atoms with E-state index in [2.05, 4.69) is 22.4 Å². The highest BCUT2D eigenvalue weighted by Crippen LogP contribution is 2.26. The Labute approximate surface area is 229 Å². The van der Waals surface area contributed by atoms with Gasteiger partial charge in [0.15, 0.2) is 5.16 Å². The first-order valence-electron chi connectivity index (χ1n) is 12.5. The van der Waals surface area contributed by atoms with Gasteiger partial charge in [-0.3, -0.25) is 4.79 Å². The molecule has 0 spiro atoms. The van der Waals surface area contributed by atoms with Crippen molar-refractivity contribution >= 4 is 35.3 Å². The molecule has 0 fully saturated rings. The molecule has 39 heavy (non-hydrogen) atoms. The minimum atomic E-state index is -1.16. The molecule has 0 aliphatic rings. The van der Waals surface area contributed by atoms with Gasteiger partial charge in [0.1, 0.15) is 5.82 Å². The van der Waals surface area contributed by atoms with E-state index in [1.165, 1.54) is 23.9 Å². The van der Waals surface area contributed by atoms with Crippen molar-refractivity contribution in [1.82, 2.24) is 14.8 Å². The number of aryl methyl sites for hydroxylation is 1. The smallest absolute Gasteiger partial charge is 0.336 e. The van der Waals surface area contributed by atoms with Crippen LogP contribution in [0.2, 0.25) is 0 Å². The Balaban J connectivity index is 1.50. The van der Waals surface area contributed by atoms with E-state index >= 15 is 0 Å².